The largest absolute Gasteiger partial charge is 0.373 e. The minimum atomic E-state index is -4.69. The molecule has 1 aromatic carbocycles. The van der Waals surface area contributed by atoms with Gasteiger partial charge in [0.05, 0.1) is 0 Å². The highest BCUT2D eigenvalue weighted by molar-refractivity contribution is 7.86. The first kappa shape index (κ1) is 13.7. The average molecular weight is 285 g/mol. The van der Waals surface area contributed by atoms with E-state index < -0.39 is 19.9 Å². The number of aliphatic hydroxyl groups is 1. The van der Waals surface area contributed by atoms with Gasteiger partial charge in [-0.3, -0.25) is 4.55 Å². The average Bonchev–Trinajstić information content (AvgIpc) is 2.16. The first-order valence-electron chi connectivity index (χ1n) is 4.29. The third-order valence-electron chi connectivity index (χ3n) is 1.93. The van der Waals surface area contributed by atoms with Gasteiger partial charge in [0.15, 0.2) is 4.33 Å². The van der Waals surface area contributed by atoms with Crippen molar-refractivity contribution in [2.75, 3.05) is 0 Å². The van der Waals surface area contributed by atoms with E-state index in [9.17, 15) is 13.5 Å². The number of alkyl halides is 2. The van der Waals surface area contributed by atoms with Crippen LogP contribution in [-0.4, -0.2) is 27.8 Å². The zero-order valence-corrected chi connectivity index (χ0v) is 10.4. The lowest BCUT2D eigenvalue weighted by molar-refractivity contribution is 0.214. The molecule has 0 bridgehead atoms. The minimum absolute atomic E-state index is 0.0993. The third kappa shape index (κ3) is 3.61. The van der Waals surface area contributed by atoms with Crippen molar-refractivity contribution in [3.63, 3.8) is 0 Å². The van der Waals surface area contributed by atoms with Gasteiger partial charge in [0.1, 0.15) is 0 Å². The molecule has 0 heterocycles. The molecule has 0 saturated carbocycles. The molecule has 0 radical (unpaired) electrons. The maximum atomic E-state index is 10.7. The van der Waals surface area contributed by atoms with Gasteiger partial charge in [-0.2, -0.15) is 8.42 Å². The van der Waals surface area contributed by atoms with Gasteiger partial charge in [-0.1, -0.05) is 53.5 Å². The normalized spacial score (nSPS) is 14.8. The Morgan fingerprint density at radius 2 is 1.75 bits per heavy atom. The van der Waals surface area contributed by atoms with Gasteiger partial charge in [0.2, 0.25) is 5.44 Å². The molecule has 0 amide bonds. The Balaban J connectivity index is 2.88. The van der Waals surface area contributed by atoms with Crippen LogP contribution in [0.4, 0.5) is 0 Å². The monoisotopic (exact) mass is 284 g/mol. The molecule has 7 heteroatoms. The second-order valence-corrected chi connectivity index (χ2v) is 6.31. The highest BCUT2D eigenvalue weighted by Gasteiger charge is 2.42. The van der Waals surface area contributed by atoms with Gasteiger partial charge in [-0.25, -0.2) is 0 Å². The summed E-state index contributed by atoms with van der Waals surface area (Å²) in [4.78, 5) is 0. The third-order valence-corrected chi connectivity index (χ3v) is 3.83. The quantitative estimate of drug-likeness (QED) is 0.651. The minimum Gasteiger partial charge on any atom is -0.373 e. The molecule has 0 aromatic heterocycles. The Bertz CT molecular complexity index is 444. The Labute approximate surface area is 104 Å². The highest BCUT2D eigenvalue weighted by atomic mass is 35.5. The second kappa shape index (κ2) is 4.89. The number of hydrogen-bond donors (Lipinski definition) is 2. The topological polar surface area (TPSA) is 74.6 Å². The van der Waals surface area contributed by atoms with Crippen molar-refractivity contribution in [3.8, 4) is 0 Å². The number of halogens is 2. The zero-order chi connectivity index (χ0) is 12.4. The van der Waals surface area contributed by atoms with Crippen LogP contribution in [0.5, 0.6) is 0 Å². The van der Waals surface area contributed by atoms with Gasteiger partial charge in [0, 0.05) is 6.42 Å². The molecule has 0 aliphatic rings. The molecule has 1 rings (SSSR count). The van der Waals surface area contributed by atoms with Crippen molar-refractivity contribution in [3.05, 3.63) is 35.9 Å². The molecule has 0 aliphatic heterocycles. The Kier molecular flexibility index (Phi) is 4.20. The van der Waals surface area contributed by atoms with Crippen LogP contribution in [0, 0.1) is 0 Å². The molecule has 1 unspecified atom stereocenters. The van der Waals surface area contributed by atoms with Crippen LogP contribution in [0.1, 0.15) is 5.56 Å². The van der Waals surface area contributed by atoms with Gasteiger partial charge in [-0.05, 0) is 5.56 Å². The molecule has 0 aliphatic carbocycles. The molecular weight excluding hydrogens is 275 g/mol. The number of hydrogen-bond acceptors (Lipinski definition) is 3. The van der Waals surface area contributed by atoms with E-state index in [2.05, 4.69) is 0 Å². The summed E-state index contributed by atoms with van der Waals surface area (Å²) < 4.78 is 28.1. The van der Waals surface area contributed by atoms with Gasteiger partial charge in [-0.15, -0.1) is 0 Å². The molecule has 16 heavy (non-hydrogen) atoms. The van der Waals surface area contributed by atoms with Crippen LogP contribution in [0.15, 0.2) is 30.3 Å². The standard InChI is InChI=1S/C9H10Cl2O4S/c10-9(11,8(12)16(13,14)15)6-7-4-2-1-3-5-7/h1-5,8,12H,6H2,(H,13,14,15). The van der Waals surface area contributed by atoms with E-state index in [4.69, 9.17) is 27.8 Å². The SMILES string of the molecule is O=S(=O)(O)C(O)C(Cl)(Cl)Cc1ccccc1. The van der Waals surface area contributed by atoms with Crippen molar-refractivity contribution in [1.82, 2.24) is 0 Å². The first-order chi connectivity index (χ1) is 7.23. The van der Waals surface area contributed by atoms with Crippen LogP contribution >= 0.6 is 23.2 Å². The van der Waals surface area contributed by atoms with E-state index in [-0.39, 0.29) is 6.42 Å². The van der Waals surface area contributed by atoms with Crippen molar-refractivity contribution in [1.29, 1.82) is 0 Å². The summed E-state index contributed by atoms with van der Waals surface area (Å²) in [6.07, 6.45) is -0.0993. The van der Waals surface area contributed by atoms with Crippen LogP contribution < -0.4 is 0 Å². The van der Waals surface area contributed by atoms with E-state index in [1.165, 1.54) is 0 Å². The molecule has 0 spiro atoms. The molecular formula is C9H10Cl2O4S. The molecule has 1 aromatic rings. The van der Waals surface area contributed by atoms with E-state index in [0.717, 1.165) is 0 Å². The Morgan fingerprint density at radius 1 is 1.25 bits per heavy atom. The van der Waals surface area contributed by atoms with Crippen LogP contribution in [-0.2, 0) is 16.5 Å². The zero-order valence-electron chi connectivity index (χ0n) is 8.05. The summed E-state index contributed by atoms with van der Waals surface area (Å²) in [5.74, 6) is 0. The summed E-state index contributed by atoms with van der Waals surface area (Å²) in [5.41, 5.74) is -1.60. The van der Waals surface area contributed by atoms with Gasteiger partial charge >= 0.3 is 0 Å². The fourth-order valence-electron chi connectivity index (χ4n) is 1.17. The maximum absolute atomic E-state index is 10.7. The fraction of sp³-hybridized carbons (Fsp3) is 0.333. The van der Waals surface area contributed by atoms with E-state index in [1.807, 2.05) is 0 Å². The molecule has 90 valence electrons. The maximum Gasteiger partial charge on any atom is 0.295 e. The lowest BCUT2D eigenvalue weighted by atomic mass is 10.1. The van der Waals surface area contributed by atoms with Gasteiger partial charge in [0.25, 0.3) is 10.1 Å². The van der Waals surface area contributed by atoms with E-state index in [0.29, 0.717) is 5.56 Å². The van der Waals surface area contributed by atoms with Crippen molar-refractivity contribution < 1.29 is 18.1 Å². The summed E-state index contributed by atoms with van der Waals surface area (Å²) in [7, 11) is -4.69. The molecule has 0 fully saturated rings. The highest BCUT2D eigenvalue weighted by Crippen LogP contribution is 2.32. The van der Waals surface area contributed by atoms with Crippen molar-refractivity contribution >= 4 is 33.3 Å². The summed E-state index contributed by atoms with van der Waals surface area (Å²) in [6, 6.07) is 8.57. The lowest BCUT2D eigenvalue weighted by Gasteiger charge is -2.23. The van der Waals surface area contributed by atoms with E-state index >= 15 is 0 Å². The number of benzene rings is 1. The van der Waals surface area contributed by atoms with Crippen LogP contribution in [0.2, 0.25) is 0 Å². The van der Waals surface area contributed by atoms with Crippen molar-refractivity contribution in [2.24, 2.45) is 0 Å². The fourth-order valence-corrected chi connectivity index (χ4v) is 2.68. The Morgan fingerprint density at radius 3 is 2.19 bits per heavy atom. The summed E-state index contributed by atoms with van der Waals surface area (Å²) in [6.45, 7) is 0. The lowest BCUT2D eigenvalue weighted by Crippen LogP contribution is -2.39. The first-order valence-corrected chi connectivity index (χ1v) is 6.55. The molecule has 0 saturated heterocycles. The Hall–Kier alpha value is -0.330. The number of aliphatic hydroxyl groups excluding tert-OH is 1. The van der Waals surface area contributed by atoms with Crippen LogP contribution in [0.25, 0.3) is 0 Å². The molecule has 2 N–H and O–H groups in total. The van der Waals surface area contributed by atoms with Crippen molar-refractivity contribution in [2.45, 2.75) is 16.2 Å². The second-order valence-electron chi connectivity index (χ2n) is 3.29. The van der Waals surface area contributed by atoms with Gasteiger partial charge < -0.3 is 5.11 Å². The van der Waals surface area contributed by atoms with E-state index in [1.54, 1.807) is 30.3 Å². The molecule has 1 atom stereocenters. The predicted octanol–water partition coefficient (Wildman–Crippen LogP) is 1.61. The summed E-state index contributed by atoms with van der Waals surface area (Å²) in [5, 5.41) is 9.27. The predicted molar refractivity (Wildman–Crippen MR) is 62.1 cm³/mol. The summed E-state index contributed by atoms with van der Waals surface area (Å²) >= 11 is 11.4. The molecule has 4 nitrogen and oxygen atoms in total. The number of rotatable bonds is 4. The van der Waals surface area contributed by atoms with Crippen LogP contribution in [0.3, 0.4) is 0 Å². The smallest absolute Gasteiger partial charge is 0.295 e.